The van der Waals surface area contributed by atoms with Crippen LogP contribution in [-0.4, -0.2) is 56.8 Å². The standard InChI is InChI=1S/C22H28FN5O3.HI/c1-4-24-22(26-13-15-7-8-19(30-2)17(12-15)21(29)31-3)27-16-9-11-28(14-16)20-18(23)6-5-10-25-20;/h5-8,10,12,16H,4,9,11,13-14H2,1-3H3,(H2,24,26,27);1H. The van der Waals surface area contributed by atoms with Crippen LogP contribution in [0.15, 0.2) is 41.5 Å². The summed E-state index contributed by atoms with van der Waals surface area (Å²) in [5.74, 6) is 0.719. The topological polar surface area (TPSA) is 88.1 Å². The lowest BCUT2D eigenvalue weighted by molar-refractivity contribution is 0.0597. The molecule has 2 heterocycles. The van der Waals surface area contributed by atoms with Gasteiger partial charge in [-0.15, -0.1) is 24.0 Å². The van der Waals surface area contributed by atoms with E-state index in [0.717, 1.165) is 12.0 Å². The number of ether oxygens (including phenoxy) is 2. The van der Waals surface area contributed by atoms with E-state index < -0.39 is 5.97 Å². The summed E-state index contributed by atoms with van der Waals surface area (Å²) in [6.07, 6.45) is 2.44. The summed E-state index contributed by atoms with van der Waals surface area (Å²) >= 11 is 0. The number of hydrogen-bond donors (Lipinski definition) is 2. The highest BCUT2D eigenvalue weighted by atomic mass is 127. The fraction of sp³-hybridized carbons (Fsp3) is 0.409. The van der Waals surface area contributed by atoms with Crippen molar-refractivity contribution >= 4 is 41.7 Å². The first-order valence-electron chi connectivity index (χ1n) is 10.2. The normalized spacial score (nSPS) is 15.7. The van der Waals surface area contributed by atoms with E-state index in [4.69, 9.17) is 9.47 Å². The van der Waals surface area contributed by atoms with E-state index in [2.05, 4.69) is 20.6 Å². The number of methoxy groups -OCH3 is 2. The lowest BCUT2D eigenvalue weighted by atomic mass is 10.1. The first kappa shape index (κ1) is 25.6. The molecule has 1 aliphatic heterocycles. The summed E-state index contributed by atoms with van der Waals surface area (Å²) in [6.45, 7) is 4.41. The number of anilines is 1. The number of hydrogen-bond acceptors (Lipinski definition) is 6. The lowest BCUT2D eigenvalue weighted by Gasteiger charge is -2.20. The maximum absolute atomic E-state index is 14.0. The molecule has 32 heavy (non-hydrogen) atoms. The molecule has 1 aromatic carbocycles. The number of pyridine rings is 1. The molecule has 0 aliphatic carbocycles. The number of benzene rings is 1. The van der Waals surface area contributed by atoms with Crippen LogP contribution in [-0.2, 0) is 11.3 Å². The summed E-state index contributed by atoms with van der Waals surface area (Å²) in [7, 11) is 2.84. The minimum absolute atomic E-state index is 0. The van der Waals surface area contributed by atoms with Crippen molar-refractivity contribution in [2.45, 2.75) is 25.9 Å². The largest absolute Gasteiger partial charge is 0.496 e. The molecule has 1 aliphatic rings. The van der Waals surface area contributed by atoms with Crippen LogP contribution in [0.4, 0.5) is 10.2 Å². The van der Waals surface area contributed by atoms with Gasteiger partial charge in [0.05, 0.1) is 20.8 Å². The van der Waals surface area contributed by atoms with Gasteiger partial charge < -0.3 is 25.0 Å². The number of carbonyl (C=O) groups is 1. The average molecular weight is 557 g/mol. The number of nitrogens with one attached hydrogen (secondary N) is 2. The molecule has 0 amide bonds. The van der Waals surface area contributed by atoms with Crippen molar-refractivity contribution in [2.75, 3.05) is 38.8 Å². The molecule has 0 spiro atoms. The predicted molar refractivity (Wildman–Crippen MR) is 133 cm³/mol. The summed E-state index contributed by atoms with van der Waals surface area (Å²) < 4.78 is 24.1. The van der Waals surface area contributed by atoms with Crippen molar-refractivity contribution in [1.82, 2.24) is 15.6 Å². The zero-order chi connectivity index (χ0) is 22.2. The number of nitrogens with zero attached hydrogens (tertiary/aromatic N) is 3. The SMILES string of the molecule is CCNC(=NCc1ccc(OC)c(C(=O)OC)c1)NC1CCN(c2ncccc2F)C1.I. The van der Waals surface area contributed by atoms with Crippen LogP contribution in [0.5, 0.6) is 5.75 Å². The van der Waals surface area contributed by atoms with E-state index >= 15 is 0 Å². The van der Waals surface area contributed by atoms with Crippen molar-refractivity contribution in [3.63, 3.8) is 0 Å². The Hall–Kier alpha value is -2.63. The third-order valence-electron chi connectivity index (χ3n) is 5.00. The molecule has 1 atom stereocenters. The molecular formula is C22H29FIN5O3. The molecule has 1 aromatic heterocycles. The van der Waals surface area contributed by atoms with Crippen LogP contribution in [0.2, 0.25) is 0 Å². The van der Waals surface area contributed by atoms with Crippen LogP contribution in [0.25, 0.3) is 0 Å². The number of halogens is 2. The highest BCUT2D eigenvalue weighted by Crippen LogP contribution is 2.22. The quantitative estimate of drug-likeness (QED) is 0.234. The van der Waals surface area contributed by atoms with Gasteiger partial charge in [0.25, 0.3) is 0 Å². The second kappa shape index (κ2) is 12.4. The Morgan fingerprint density at radius 3 is 2.84 bits per heavy atom. The number of guanidine groups is 1. The van der Waals surface area contributed by atoms with Gasteiger partial charge in [0.1, 0.15) is 11.3 Å². The zero-order valence-electron chi connectivity index (χ0n) is 18.4. The summed E-state index contributed by atoms with van der Waals surface area (Å²) in [5, 5.41) is 6.64. The van der Waals surface area contributed by atoms with Gasteiger partial charge in [-0.25, -0.2) is 19.2 Å². The Balaban J connectivity index is 0.00000363. The second-order valence-electron chi connectivity index (χ2n) is 7.11. The molecule has 174 valence electrons. The van der Waals surface area contributed by atoms with Gasteiger partial charge in [-0.1, -0.05) is 6.07 Å². The monoisotopic (exact) mass is 557 g/mol. The summed E-state index contributed by atoms with van der Waals surface area (Å²) in [6, 6.07) is 8.43. The average Bonchev–Trinajstić information content (AvgIpc) is 3.25. The number of carbonyl (C=O) groups excluding carboxylic acids is 1. The number of rotatable bonds is 7. The van der Waals surface area contributed by atoms with Crippen molar-refractivity contribution in [3.8, 4) is 5.75 Å². The molecule has 1 fully saturated rings. The Morgan fingerprint density at radius 1 is 1.34 bits per heavy atom. The fourth-order valence-electron chi connectivity index (χ4n) is 3.49. The van der Waals surface area contributed by atoms with Gasteiger partial charge in [-0.2, -0.15) is 0 Å². The molecule has 2 N–H and O–H groups in total. The Kier molecular flexibility index (Phi) is 9.95. The van der Waals surface area contributed by atoms with Gasteiger partial charge in [0, 0.05) is 31.9 Å². The van der Waals surface area contributed by atoms with E-state index in [0.29, 0.717) is 49.3 Å². The first-order chi connectivity index (χ1) is 15.0. The summed E-state index contributed by atoms with van der Waals surface area (Å²) in [4.78, 5) is 22.7. The third-order valence-corrected chi connectivity index (χ3v) is 5.00. The Morgan fingerprint density at radius 2 is 2.16 bits per heavy atom. The summed E-state index contributed by atoms with van der Waals surface area (Å²) in [5.41, 5.74) is 1.21. The Labute approximate surface area is 204 Å². The fourth-order valence-corrected chi connectivity index (χ4v) is 3.49. The van der Waals surface area contributed by atoms with Gasteiger partial charge in [-0.05, 0) is 43.2 Å². The minimum Gasteiger partial charge on any atom is -0.496 e. The number of esters is 1. The first-order valence-corrected chi connectivity index (χ1v) is 10.2. The van der Waals surface area contributed by atoms with Crippen LogP contribution < -0.4 is 20.3 Å². The van der Waals surface area contributed by atoms with Gasteiger partial charge >= 0.3 is 5.97 Å². The van der Waals surface area contributed by atoms with E-state index in [1.165, 1.54) is 20.3 Å². The molecule has 0 bridgehead atoms. The van der Waals surface area contributed by atoms with Crippen LogP contribution in [0, 0.1) is 5.82 Å². The van der Waals surface area contributed by atoms with E-state index in [1.54, 1.807) is 24.4 Å². The molecule has 1 unspecified atom stereocenters. The number of aromatic nitrogens is 1. The molecule has 8 nitrogen and oxygen atoms in total. The highest BCUT2D eigenvalue weighted by molar-refractivity contribution is 14.0. The molecule has 0 radical (unpaired) electrons. The van der Waals surface area contributed by atoms with Crippen LogP contribution >= 0.6 is 24.0 Å². The molecule has 2 aromatic rings. The molecular weight excluding hydrogens is 528 g/mol. The predicted octanol–water partition coefficient (Wildman–Crippen LogP) is 2.97. The van der Waals surface area contributed by atoms with Gasteiger partial charge in [0.15, 0.2) is 17.6 Å². The van der Waals surface area contributed by atoms with Gasteiger partial charge in [-0.3, -0.25) is 0 Å². The van der Waals surface area contributed by atoms with E-state index in [1.807, 2.05) is 17.9 Å². The molecule has 10 heteroatoms. The van der Waals surface area contributed by atoms with Crippen molar-refractivity contribution in [3.05, 3.63) is 53.5 Å². The maximum atomic E-state index is 14.0. The minimum atomic E-state index is -0.458. The molecule has 1 saturated heterocycles. The van der Waals surface area contributed by atoms with Gasteiger partial charge in [0.2, 0.25) is 0 Å². The van der Waals surface area contributed by atoms with Crippen molar-refractivity contribution in [2.24, 2.45) is 4.99 Å². The highest BCUT2D eigenvalue weighted by Gasteiger charge is 2.26. The third kappa shape index (κ3) is 6.44. The molecule has 3 rings (SSSR count). The smallest absolute Gasteiger partial charge is 0.341 e. The lowest BCUT2D eigenvalue weighted by Crippen LogP contribution is -2.44. The van der Waals surface area contributed by atoms with Crippen LogP contribution in [0.3, 0.4) is 0 Å². The second-order valence-corrected chi connectivity index (χ2v) is 7.11. The van der Waals surface area contributed by atoms with E-state index in [9.17, 15) is 9.18 Å². The molecule has 0 saturated carbocycles. The van der Waals surface area contributed by atoms with E-state index in [-0.39, 0.29) is 35.8 Å². The maximum Gasteiger partial charge on any atom is 0.341 e. The van der Waals surface area contributed by atoms with Crippen molar-refractivity contribution in [1.29, 1.82) is 0 Å². The zero-order valence-corrected chi connectivity index (χ0v) is 20.8. The van der Waals surface area contributed by atoms with Crippen molar-refractivity contribution < 1.29 is 18.7 Å². The number of aliphatic imine (C=N–C) groups is 1. The van der Waals surface area contributed by atoms with Crippen LogP contribution in [0.1, 0.15) is 29.3 Å². The Bertz CT molecular complexity index is 944.